The van der Waals surface area contributed by atoms with Crippen molar-refractivity contribution in [2.75, 3.05) is 31.2 Å². The maximum atomic E-state index is 14.8. The molecule has 1 aliphatic heterocycles. The van der Waals surface area contributed by atoms with E-state index in [1.165, 1.54) is 4.90 Å². The highest BCUT2D eigenvalue weighted by Crippen LogP contribution is 2.39. The number of carbonyl (C=O) groups is 1. The first-order chi connectivity index (χ1) is 14.2. The second-order valence-corrected chi connectivity index (χ2v) is 9.53. The third-order valence-corrected chi connectivity index (χ3v) is 6.61. The Morgan fingerprint density at radius 2 is 2.10 bits per heavy atom. The van der Waals surface area contributed by atoms with E-state index in [1.54, 1.807) is 19.1 Å². The normalized spacial score (nSPS) is 23.7. The van der Waals surface area contributed by atoms with Crippen LogP contribution in [0.25, 0.3) is 10.2 Å². The predicted octanol–water partition coefficient (Wildman–Crippen LogP) is 4.68. The molecule has 2 fully saturated rings. The number of carbonyl (C=O) groups excluding carboxylic acids is 1. The number of aromatic nitrogens is 1. The van der Waals surface area contributed by atoms with E-state index in [0.29, 0.717) is 40.9 Å². The minimum atomic E-state index is -2.69. The zero-order chi connectivity index (χ0) is 21.5. The number of ether oxygens (including phenoxy) is 2. The van der Waals surface area contributed by atoms with Crippen LogP contribution in [0, 0.1) is 17.7 Å². The van der Waals surface area contributed by atoms with Crippen LogP contribution < -0.4 is 9.64 Å². The van der Waals surface area contributed by atoms with Gasteiger partial charge in [-0.2, -0.15) is 0 Å². The number of hydrogen-bond acceptors (Lipinski definition) is 6. The van der Waals surface area contributed by atoms with Crippen LogP contribution in [-0.4, -0.2) is 49.1 Å². The van der Waals surface area contributed by atoms with Crippen molar-refractivity contribution in [1.82, 2.24) is 4.98 Å². The molecule has 1 saturated heterocycles. The molecule has 0 unspecified atom stereocenters. The van der Waals surface area contributed by atoms with Crippen LogP contribution >= 0.6 is 11.3 Å². The van der Waals surface area contributed by atoms with E-state index in [9.17, 15) is 18.0 Å². The largest absolute Gasteiger partial charge is 0.490 e. The van der Waals surface area contributed by atoms with E-state index < -0.39 is 11.7 Å². The highest BCUT2D eigenvalue weighted by atomic mass is 32.1. The molecule has 2 heterocycles. The molecule has 5 nitrogen and oxygen atoms in total. The van der Waals surface area contributed by atoms with Crippen LogP contribution in [0.3, 0.4) is 0 Å². The SMILES string of the molecule is CC(=O)C[C@@H](C)COC1CC(COc2ccc3nc(N4CC(F)(F)C4)sc3c2F)C1. The number of fused-ring (bicyclic) bond motifs is 1. The van der Waals surface area contributed by atoms with Gasteiger partial charge in [-0.25, -0.2) is 18.2 Å². The molecule has 1 atom stereocenters. The lowest BCUT2D eigenvalue weighted by molar-refractivity contribution is -0.119. The van der Waals surface area contributed by atoms with Crippen LogP contribution in [0.2, 0.25) is 0 Å². The lowest BCUT2D eigenvalue weighted by atomic mass is 9.83. The molecule has 9 heteroatoms. The first kappa shape index (κ1) is 21.4. The molecule has 0 spiro atoms. The number of thiazole rings is 1. The van der Waals surface area contributed by atoms with Crippen molar-refractivity contribution in [2.24, 2.45) is 11.8 Å². The predicted molar refractivity (Wildman–Crippen MR) is 109 cm³/mol. The lowest BCUT2D eigenvalue weighted by Crippen LogP contribution is -2.56. The third-order valence-electron chi connectivity index (χ3n) is 5.48. The second kappa shape index (κ2) is 8.34. The van der Waals surface area contributed by atoms with Gasteiger partial charge in [-0.15, -0.1) is 0 Å². The van der Waals surface area contributed by atoms with Gasteiger partial charge in [-0.3, -0.25) is 0 Å². The summed E-state index contributed by atoms with van der Waals surface area (Å²) in [5.74, 6) is -2.35. The van der Waals surface area contributed by atoms with E-state index in [2.05, 4.69) is 4.98 Å². The Balaban J connectivity index is 1.26. The molecule has 0 radical (unpaired) electrons. The summed E-state index contributed by atoms with van der Waals surface area (Å²) >= 11 is 1.07. The topological polar surface area (TPSA) is 51.7 Å². The number of nitrogens with zero attached hydrogens (tertiary/aromatic N) is 2. The highest BCUT2D eigenvalue weighted by Gasteiger charge is 2.45. The van der Waals surface area contributed by atoms with Crippen molar-refractivity contribution in [1.29, 1.82) is 0 Å². The fourth-order valence-corrected chi connectivity index (χ4v) is 4.82. The number of benzene rings is 1. The van der Waals surface area contributed by atoms with Gasteiger partial charge in [0.25, 0.3) is 5.92 Å². The molecule has 1 aromatic heterocycles. The molecule has 0 N–H and O–H groups in total. The average molecular weight is 443 g/mol. The number of hydrogen-bond donors (Lipinski definition) is 0. The Bertz CT molecular complexity index is 922. The van der Waals surface area contributed by atoms with Crippen molar-refractivity contribution in [2.45, 2.75) is 45.1 Å². The average Bonchev–Trinajstić information content (AvgIpc) is 3.03. The first-order valence-electron chi connectivity index (χ1n) is 10.2. The van der Waals surface area contributed by atoms with E-state index in [0.717, 1.165) is 24.2 Å². The molecule has 30 heavy (non-hydrogen) atoms. The van der Waals surface area contributed by atoms with Crippen molar-refractivity contribution in [3.8, 4) is 5.75 Å². The van der Waals surface area contributed by atoms with Gasteiger partial charge in [0.05, 0.1) is 36.0 Å². The molecule has 1 aromatic carbocycles. The van der Waals surface area contributed by atoms with Crippen LogP contribution in [0.4, 0.5) is 18.3 Å². The van der Waals surface area contributed by atoms with Gasteiger partial charge in [0.2, 0.25) is 0 Å². The van der Waals surface area contributed by atoms with E-state index in [1.807, 2.05) is 6.92 Å². The van der Waals surface area contributed by atoms with Gasteiger partial charge in [0.1, 0.15) is 5.78 Å². The summed E-state index contributed by atoms with van der Waals surface area (Å²) in [5.41, 5.74) is 0.451. The van der Waals surface area contributed by atoms with Gasteiger partial charge < -0.3 is 19.2 Å². The standard InChI is InChI=1S/C21H25F3N2O3S/c1-12(5-13(2)27)8-28-15-6-14(7-15)9-29-17-4-3-16-19(18(17)22)30-20(25-16)26-10-21(23,24)11-26/h3-4,12,14-15H,5-11H2,1-2H3/t12-,14?,15?/m1/s1. The van der Waals surface area contributed by atoms with Gasteiger partial charge in [-0.1, -0.05) is 18.3 Å². The van der Waals surface area contributed by atoms with Crippen LogP contribution in [0.15, 0.2) is 12.1 Å². The summed E-state index contributed by atoms with van der Waals surface area (Å²) in [6, 6.07) is 3.21. The summed E-state index contributed by atoms with van der Waals surface area (Å²) in [6.07, 6.45) is 2.40. The Kier molecular flexibility index (Phi) is 5.94. The zero-order valence-electron chi connectivity index (χ0n) is 17.0. The molecule has 1 aliphatic carbocycles. The molecule has 0 bridgehead atoms. The van der Waals surface area contributed by atoms with Crippen molar-refractivity contribution in [3.63, 3.8) is 0 Å². The van der Waals surface area contributed by atoms with Crippen molar-refractivity contribution < 1.29 is 27.4 Å². The zero-order valence-corrected chi connectivity index (χ0v) is 17.8. The second-order valence-electron chi connectivity index (χ2n) is 8.55. The monoisotopic (exact) mass is 442 g/mol. The molecule has 2 aromatic rings. The van der Waals surface area contributed by atoms with Crippen LogP contribution in [0.1, 0.15) is 33.1 Å². The van der Waals surface area contributed by atoms with Gasteiger partial charge >= 0.3 is 0 Å². The Morgan fingerprint density at radius 3 is 2.77 bits per heavy atom. The number of halogens is 3. The fourth-order valence-electron chi connectivity index (χ4n) is 3.83. The molecule has 4 rings (SSSR count). The third kappa shape index (κ3) is 4.72. The fraction of sp³-hybridized carbons (Fsp3) is 0.619. The molecular formula is C21H25F3N2O3S. The van der Waals surface area contributed by atoms with E-state index >= 15 is 0 Å². The summed E-state index contributed by atoms with van der Waals surface area (Å²) in [5, 5.41) is 0.407. The number of anilines is 1. The van der Waals surface area contributed by atoms with Crippen molar-refractivity contribution in [3.05, 3.63) is 17.9 Å². The number of ketones is 1. The summed E-state index contributed by atoms with van der Waals surface area (Å²) in [4.78, 5) is 16.8. The molecule has 1 saturated carbocycles. The van der Waals surface area contributed by atoms with Crippen LogP contribution in [0.5, 0.6) is 5.75 Å². The maximum Gasteiger partial charge on any atom is 0.282 e. The summed E-state index contributed by atoms with van der Waals surface area (Å²) < 4.78 is 52.8. The quantitative estimate of drug-likeness (QED) is 0.565. The van der Waals surface area contributed by atoms with Gasteiger partial charge in [0, 0.05) is 13.0 Å². The Labute approximate surface area is 177 Å². The van der Waals surface area contributed by atoms with Crippen molar-refractivity contribution >= 4 is 32.5 Å². The smallest absolute Gasteiger partial charge is 0.282 e. The number of Topliss-reactive ketones (excluding diaryl/α,β-unsaturated/α-hetero) is 1. The van der Waals surface area contributed by atoms with Gasteiger partial charge in [-0.05, 0) is 43.7 Å². The Morgan fingerprint density at radius 1 is 1.37 bits per heavy atom. The Hall–Kier alpha value is -1.87. The molecule has 0 amide bonds. The molecule has 2 aliphatic rings. The maximum absolute atomic E-state index is 14.8. The minimum absolute atomic E-state index is 0.158. The van der Waals surface area contributed by atoms with Gasteiger partial charge in [0.15, 0.2) is 16.7 Å². The number of alkyl halides is 2. The van der Waals surface area contributed by atoms with Crippen LogP contribution in [-0.2, 0) is 9.53 Å². The summed E-state index contributed by atoms with van der Waals surface area (Å²) in [7, 11) is 0. The summed E-state index contributed by atoms with van der Waals surface area (Å²) in [6.45, 7) is 3.79. The number of rotatable bonds is 9. The van der Waals surface area contributed by atoms with E-state index in [-0.39, 0.29) is 36.6 Å². The highest BCUT2D eigenvalue weighted by molar-refractivity contribution is 7.22. The minimum Gasteiger partial charge on any atom is -0.490 e. The lowest BCUT2D eigenvalue weighted by Gasteiger charge is -2.38. The first-order valence-corrected chi connectivity index (χ1v) is 11.0. The molecule has 164 valence electrons. The van der Waals surface area contributed by atoms with E-state index in [4.69, 9.17) is 9.47 Å². The molecular weight excluding hydrogens is 417 g/mol.